The highest BCUT2D eigenvalue weighted by Gasteiger charge is 2.20. The third-order valence-electron chi connectivity index (χ3n) is 4.53. The number of carbonyl (C=O) groups is 1. The first-order chi connectivity index (χ1) is 13.6. The number of rotatable bonds is 4. The van der Waals surface area contributed by atoms with Crippen molar-refractivity contribution in [2.24, 2.45) is 0 Å². The predicted octanol–water partition coefficient (Wildman–Crippen LogP) is 4.98. The topological polar surface area (TPSA) is 64.0 Å². The summed E-state index contributed by atoms with van der Waals surface area (Å²) in [5.74, 6) is -0.340. The van der Waals surface area contributed by atoms with E-state index in [1.807, 2.05) is 35.7 Å². The largest absolute Gasteiger partial charge is 0.323 e. The van der Waals surface area contributed by atoms with E-state index in [9.17, 15) is 9.59 Å². The molecule has 0 aliphatic carbocycles. The standard InChI is InChI=1S/C21H16ClN3O2S/c1-13(19(26)24-17-10-6-5-9-16(17)22)25-12-23-20-18(21(25)27)15(11-28-20)14-7-3-2-4-8-14/h2-13H,1H3,(H,24,26)/t13-/m1/s1. The van der Waals surface area contributed by atoms with Gasteiger partial charge < -0.3 is 5.32 Å². The Morgan fingerprint density at radius 3 is 2.61 bits per heavy atom. The number of hydrogen-bond donors (Lipinski definition) is 1. The molecule has 2 aromatic carbocycles. The molecule has 0 saturated carbocycles. The van der Waals surface area contributed by atoms with Crippen molar-refractivity contribution in [2.75, 3.05) is 5.32 Å². The molecule has 5 nitrogen and oxygen atoms in total. The summed E-state index contributed by atoms with van der Waals surface area (Å²) in [6, 6.07) is 15.9. The molecule has 0 unspecified atom stereocenters. The molecule has 2 heterocycles. The minimum absolute atomic E-state index is 0.244. The van der Waals surface area contributed by atoms with Crippen LogP contribution in [0.5, 0.6) is 0 Å². The van der Waals surface area contributed by atoms with Gasteiger partial charge in [-0.3, -0.25) is 14.2 Å². The highest BCUT2D eigenvalue weighted by Crippen LogP contribution is 2.30. The number of aromatic nitrogens is 2. The Labute approximate surface area is 170 Å². The lowest BCUT2D eigenvalue weighted by molar-refractivity contribution is -0.118. The molecule has 4 rings (SSSR count). The van der Waals surface area contributed by atoms with Crippen LogP contribution in [0, 0.1) is 0 Å². The highest BCUT2D eigenvalue weighted by atomic mass is 35.5. The van der Waals surface area contributed by atoms with Gasteiger partial charge in [0.1, 0.15) is 10.9 Å². The van der Waals surface area contributed by atoms with E-state index in [0.717, 1.165) is 11.1 Å². The van der Waals surface area contributed by atoms with Gasteiger partial charge >= 0.3 is 0 Å². The van der Waals surface area contributed by atoms with Gasteiger partial charge in [-0.15, -0.1) is 11.3 Å². The van der Waals surface area contributed by atoms with Crippen LogP contribution in [0.1, 0.15) is 13.0 Å². The zero-order valence-electron chi connectivity index (χ0n) is 14.9. The lowest BCUT2D eigenvalue weighted by atomic mass is 10.1. The second kappa shape index (κ2) is 7.58. The number of amides is 1. The molecule has 0 fully saturated rings. The number of hydrogen-bond acceptors (Lipinski definition) is 4. The first-order valence-corrected chi connectivity index (χ1v) is 9.91. The van der Waals surface area contributed by atoms with E-state index in [2.05, 4.69) is 10.3 Å². The average Bonchev–Trinajstić information content (AvgIpc) is 3.15. The molecule has 140 valence electrons. The van der Waals surface area contributed by atoms with E-state index in [-0.39, 0.29) is 11.5 Å². The van der Waals surface area contributed by atoms with Gasteiger partial charge in [-0.1, -0.05) is 54.1 Å². The smallest absolute Gasteiger partial charge is 0.263 e. The van der Waals surface area contributed by atoms with Crippen molar-refractivity contribution in [1.82, 2.24) is 9.55 Å². The van der Waals surface area contributed by atoms with Gasteiger partial charge in [0.05, 0.1) is 22.4 Å². The van der Waals surface area contributed by atoms with Crippen LogP contribution < -0.4 is 10.9 Å². The lowest BCUT2D eigenvalue weighted by Crippen LogP contribution is -2.31. The van der Waals surface area contributed by atoms with E-state index in [1.54, 1.807) is 31.2 Å². The van der Waals surface area contributed by atoms with E-state index < -0.39 is 6.04 Å². The molecule has 1 amide bonds. The van der Waals surface area contributed by atoms with Crippen LogP contribution in [0.3, 0.4) is 0 Å². The minimum Gasteiger partial charge on any atom is -0.323 e. The Balaban J connectivity index is 1.73. The summed E-state index contributed by atoms with van der Waals surface area (Å²) in [5, 5.41) is 5.65. The van der Waals surface area contributed by atoms with Gasteiger partial charge in [-0.2, -0.15) is 0 Å². The second-order valence-corrected chi connectivity index (χ2v) is 7.56. The molecule has 28 heavy (non-hydrogen) atoms. The Kier molecular flexibility index (Phi) is 4.98. The molecule has 0 aliphatic rings. The molecular formula is C21H16ClN3O2S. The van der Waals surface area contributed by atoms with E-state index in [1.165, 1.54) is 22.2 Å². The molecule has 7 heteroatoms. The number of fused-ring (bicyclic) bond motifs is 1. The molecule has 0 spiro atoms. The number of thiophene rings is 1. The molecule has 0 aliphatic heterocycles. The molecule has 2 aromatic heterocycles. The summed E-state index contributed by atoms with van der Waals surface area (Å²) in [7, 11) is 0. The molecule has 0 radical (unpaired) electrons. The zero-order valence-corrected chi connectivity index (χ0v) is 16.5. The summed E-state index contributed by atoms with van der Waals surface area (Å²) in [5.41, 5.74) is 2.03. The van der Waals surface area contributed by atoms with Gasteiger partial charge in [0.15, 0.2) is 0 Å². The lowest BCUT2D eigenvalue weighted by Gasteiger charge is -2.15. The fraction of sp³-hybridized carbons (Fsp3) is 0.0952. The van der Waals surface area contributed by atoms with E-state index >= 15 is 0 Å². The Morgan fingerprint density at radius 1 is 1.14 bits per heavy atom. The fourth-order valence-electron chi connectivity index (χ4n) is 2.98. The Morgan fingerprint density at radius 2 is 1.86 bits per heavy atom. The third kappa shape index (κ3) is 3.32. The monoisotopic (exact) mass is 409 g/mol. The first-order valence-electron chi connectivity index (χ1n) is 8.65. The van der Waals surface area contributed by atoms with Gasteiger partial charge in [0.25, 0.3) is 5.56 Å². The Bertz CT molecular complexity index is 1220. The maximum atomic E-state index is 13.2. The van der Waals surface area contributed by atoms with Crippen LogP contribution in [0.2, 0.25) is 5.02 Å². The van der Waals surface area contributed by atoms with Crippen molar-refractivity contribution in [2.45, 2.75) is 13.0 Å². The SMILES string of the molecule is C[C@H](C(=O)Nc1ccccc1Cl)n1cnc2scc(-c3ccccc3)c2c1=O. The molecular weight excluding hydrogens is 394 g/mol. The molecule has 1 atom stereocenters. The van der Waals surface area contributed by atoms with Gasteiger partial charge in [0, 0.05) is 10.9 Å². The van der Waals surface area contributed by atoms with Crippen molar-refractivity contribution in [3.8, 4) is 11.1 Å². The van der Waals surface area contributed by atoms with Crippen LogP contribution in [0.15, 0.2) is 71.1 Å². The highest BCUT2D eigenvalue weighted by molar-refractivity contribution is 7.17. The molecule has 1 N–H and O–H groups in total. The van der Waals surface area contributed by atoms with Crippen molar-refractivity contribution in [3.63, 3.8) is 0 Å². The number of nitrogens with one attached hydrogen (secondary N) is 1. The number of nitrogens with zero attached hydrogens (tertiary/aromatic N) is 2. The Hall–Kier alpha value is -2.96. The van der Waals surface area contributed by atoms with Crippen molar-refractivity contribution < 1.29 is 4.79 Å². The van der Waals surface area contributed by atoms with Crippen molar-refractivity contribution in [1.29, 1.82) is 0 Å². The number of halogens is 1. The number of anilines is 1. The molecule has 4 aromatic rings. The van der Waals surface area contributed by atoms with Gasteiger partial charge in [-0.05, 0) is 24.6 Å². The minimum atomic E-state index is -0.746. The predicted molar refractivity (Wildman–Crippen MR) is 114 cm³/mol. The number of carbonyl (C=O) groups excluding carboxylic acids is 1. The van der Waals surface area contributed by atoms with Crippen molar-refractivity contribution >= 4 is 44.7 Å². The third-order valence-corrected chi connectivity index (χ3v) is 5.75. The first kappa shape index (κ1) is 18.4. The van der Waals surface area contributed by atoms with E-state index in [0.29, 0.717) is 20.9 Å². The van der Waals surface area contributed by atoms with Crippen LogP contribution in [-0.4, -0.2) is 15.5 Å². The van der Waals surface area contributed by atoms with Gasteiger partial charge in [0.2, 0.25) is 5.91 Å². The summed E-state index contributed by atoms with van der Waals surface area (Å²) >= 11 is 7.52. The summed E-state index contributed by atoms with van der Waals surface area (Å²) in [4.78, 5) is 30.9. The van der Waals surface area contributed by atoms with Crippen LogP contribution >= 0.6 is 22.9 Å². The normalized spacial score (nSPS) is 12.1. The van der Waals surface area contributed by atoms with Crippen molar-refractivity contribution in [3.05, 3.63) is 81.7 Å². The van der Waals surface area contributed by atoms with Crippen LogP contribution in [-0.2, 0) is 4.79 Å². The maximum absolute atomic E-state index is 13.2. The quantitative estimate of drug-likeness (QED) is 0.517. The molecule has 0 bridgehead atoms. The number of para-hydroxylation sites is 1. The number of benzene rings is 2. The summed E-state index contributed by atoms with van der Waals surface area (Å²) in [6.07, 6.45) is 1.42. The molecule has 0 saturated heterocycles. The second-order valence-electron chi connectivity index (χ2n) is 6.30. The van der Waals surface area contributed by atoms with Gasteiger partial charge in [-0.25, -0.2) is 4.98 Å². The summed E-state index contributed by atoms with van der Waals surface area (Å²) in [6.45, 7) is 1.66. The zero-order chi connectivity index (χ0) is 19.7. The average molecular weight is 410 g/mol. The summed E-state index contributed by atoms with van der Waals surface area (Å²) < 4.78 is 1.35. The fourth-order valence-corrected chi connectivity index (χ4v) is 4.07. The van der Waals surface area contributed by atoms with E-state index in [4.69, 9.17) is 11.6 Å². The van der Waals surface area contributed by atoms with Crippen LogP contribution in [0.25, 0.3) is 21.3 Å². The van der Waals surface area contributed by atoms with Crippen LogP contribution in [0.4, 0.5) is 5.69 Å². The maximum Gasteiger partial charge on any atom is 0.263 e.